The van der Waals surface area contributed by atoms with Gasteiger partial charge in [0.2, 0.25) is 0 Å². The number of aromatic nitrogens is 2. The van der Waals surface area contributed by atoms with Gasteiger partial charge >= 0.3 is 0 Å². The van der Waals surface area contributed by atoms with E-state index in [4.69, 9.17) is 9.47 Å². The largest absolute Gasteiger partial charge is 0.490 e. The van der Waals surface area contributed by atoms with E-state index in [1.54, 1.807) is 13.1 Å². The summed E-state index contributed by atoms with van der Waals surface area (Å²) in [6.45, 7) is 4.96. The van der Waals surface area contributed by atoms with Crippen molar-refractivity contribution in [2.24, 2.45) is 0 Å². The van der Waals surface area contributed by atoms with Crippen molar-refractivity contribution in [2.75, 3.05) is 6.61 Å². The van der Waals surface area contributed by atoms with Crippen LogP contribution in [0.5, 0.6) is 11.8 Å². The summed E-state index contributed by atoms with van der Waals surface area (Å²) in [5.74, 6) is 0.797. The Labute approximate surface area is 158 Å². The molecule has 0 fully saturated rings. The Morgan fingerprint density at radius 3 is 2.74 bits per heavy atom. The summed E-state index contributed by atoms with van der Waals surface area (Å²) in [6.07, 6.45) is 2.63. The second-order valence-corrected chi connectivity index (χ2v) is 6.75. The third-order valence-electron chi connectivity index (χ3n) is 4.80. The van der Waals surface area contributed by atoms with Gasteiger partial charge in [0, 0.05) is 11.8 Å². The number of nitrogens with zero attached hydrogens (tertiary/aromatic N) is 2. The molecule has 1 aromatic heterocycles. The van der Waals surface area contributed by atoms with Crippen LogP contribution in [0, 0.1) is 6.92 Å². The predicted molar refractivity (Wildman–Crippen MR) is 104 cm³/mol. The Morgan fingerprint density at radius 1 is 1.19 bits per heavy atom. The molecule has 0 amide bonds. The monoisotopic (exact) mass is 362 g/mol. The van der Waals surface area contributed by atoms with E-state index in [2.05, 4.69) is 48.3 Å². The fourth-order valence-corrected chi connectivity index (χ4v) is 3.33. The summed E-state index contributed by atoms with van der Waals surface area (Å²) in [5.41, 5.74) is 4.15. The minimum Gasteiger partial charge on any atom is -0.490 e. The zero-order valence-electron chi connectivity index (χ0n) is 15.5. The normalized spacial score (nSPS) is 15.3. The van der Waals surface area contributed by atoms with Gasteiger partial charge in [-0.05, 0) is 42.2 Å². The molecule has 1 atom stereocenters. The van der Waals surface area contributed by atoms with Crippen molar-refractivity contribution in [3.8, 4) is 22.9 Å². The van der Waals surface area contributed by atoms with Gasteiger partial charge in [-0.2, -0.15) is 4.98 Å². The first kappa shape index (κ1) is 17.3. The topological polar surface area (TPSA) is 53.4 Å². The molecule has 0 saturated heterocycles. The fraction of sp³-hybridized carbons (Fsp3) is 0.273. The Balaban J connectivity index is 1.41. The number of aryl methyl sites for hydroxylation is 2. The highest BCUT2D eigenvalue weighted by Crippen LogP contribution is 2.26. The highest BCUT2D eigenvalue weighted by Gasteiger charge is 2.24. The lowest BCUT2D eigenvalue weighted by molar-refractivity contribution is 0.143. The summed E-state index contributed by atoms with van der Waals surface area (Å²) in [7, 11) is 0. The molecular weight excluding hydrogens is 340 g/mol. The quantitative estimate of drug-likeness (QED) is 0.696. The van der Waals surface area contributed by atoms with E-state index in [9.17, 15) is 4.79 Å². The summed E-state index contributed by atoms with van der Waals surface area (Å²) in [5, 5.41) is 0. The summed E-state index contributed by atoms with van der Waals surface area (Å²) < 4.78 is 13.5. The highest BCUT2D eigenvalue weighted by atomic mass is 16.6. The van der Waals surface area contributed by atoms with Gasteiger partial charge in [-0.1, -0.05) is 43.3 Å². The van der Waals surface area contributed by atoms with Crippen molar-refractivity contribution in [3.63, 3.8) is 0 Å². The first-order valence-electron chi connectivity index (χ1n) is 9.20. The van der Waals surface area contributed by atoms with Gasteiger partial charge in [-0.25, -0.2) is 0 Å². The number of hydrogen-bond acceptors (Lipinski definition) is 4. The maximum absolute atomic E-state index is 11.6. The van der Waals surface area contributed by atoms with Gasteiger partial charge in [0.1, 0.15) is 12.4 Å². The molecule has 138 valence electrons. The summed E-state index contributed by atoms with van der Waals surface area (Å²) in [6, 6.07) is 16.9. The number of rotatable bonds is 5. The van der Waals surface area contributed by atoms with Gasteiger partial charge < -0.3 is 9.47 Å². The number of fused-ring (bicyclic) bond motifs is 1. The van der Waals surface area contributed by atoms with Crippen LogP contribution in [0.1, 0.15) is 18.1 Å². The van der Waals surface area contributed by atoms with Crippen LogP contribution in [0.15, 0.2) is 59.5 Å². The molecule has 4 rings (SSSR count). The van der Waals surface area contributed by atoms with E-state index >= 15 is 0 Å². The lowest BCUT2D eigenvalue weighted by Crippen LogP contribution is -2.23. The Hall–Kier alpha value is -3.08. The molecule has 0 N–H and O–H groups in total. The van der Waals surface area contributed by atoms with Gasteiger partial charge in [-0.3, -0.25) is 9.36 Å². The fourth-order valence-electron chi connectivity index (χ4n) is 3.33. The minimum absolute atomic E-state index is 0.154. The predicted octanol–water partition coefficient (Wildman–Crippen LogP) is 3.62. The van der Waals surface area contributed by atoms with E-state index in [-0.39, 0.29) is 11.7 Å². The zero-order valence-corrected chi connectivity index (χ0v) is 15.5. The van der Waals surface area contributed by atoms with Crippen LogP contribution in [0.2, 0.25) is 0 Å². The number of ether oxygens (including phenoxy) is 2. The first-order valence-corrected chi connectivity index (χ1v) is 9.20. The number of hydrogen-bond donors (Lipinski definition) is 0. The van der Waals surface area contributed by atoms with E-state index in [1.807, 2.05) is 16.7 Å². The van der Waals surface area contributed by atoms with E-state index in [1.165, 1.54) is 16.7 Å². The molecule has 1 aliphatic rings. The molecule has 2 aromatic carbocycles. The van der Waals surface area contributed by atoms with Crippen LogP contribution in [0.3, 0.4) is 0 Å². The molecule has 1 unspecified atom stereocenters. The molecular formula is C22H22N2O3. The maximum Gasteiger partial charge on any atom is 0.300 e. The smallest absolute Gasteiger partial charge is 0.300 e. The molecule has 0 bridgehead atoms. The maximum atomic E-state index is 11.6. The SMILES string of the molecule is CCc1ccccc1-c1ccc(OCC2Cn3cc(C)c(=O)nc3O2)cc1. The van der Waals surface area contributed by atoms with Crippen LogP contribution in [0.25, 0.3) is 11.1 Å². The lowest BCUT2D eigenvalue weighted by Gasteiger charge is -2.12. The molecule has 5 nitrogen and oxygen atoms in total. The molecule has 0 aliphatic carbocycles. The Morgan fingerprint density at radius 2 is 1.96 bits per heavy atom. The summed E-state index contributed by atoms with van der Waals surface area (Å²) in [4.78, 5) is 15.6. The van der Waals surface area contributed by atoms with Crippen LogP contribution >= 0.6 is 0 Å². The van der Waals surface area contributed by atoms with Crippen molar-refractivity contribution in [1.82, 2.24) is 9.55 Å². The van der Waals surface area contributed by atoms with Crippen LogP contribution in [0.4, 0.5) is 0 Å². The van der Waals surface area contributed by atoms with Crippen molar-refractivity contribution in [3.05, 3.63) is 76.2 Å². The van der Waals surface area contributed by atoms with Crippen molar-refractivity contribution in [2.45, 2.75) is 32.9 Å². The molecule has 0 radical (unpaired) electrons. The third-order valence-corrected chi connectivity index (χ3v) is 4.80. The Bertz CT molecular complexity index is 1010. The van der Waals surface area contributed by atoms with Crippen molar-refractivity contribution < 1.29 is 9.47 Å². The van der Waals surface area contributed by atoms with E-state index in [0.717, 1.165) is 12.2 Å². The van der Waals surface area contributed by atoms with Gasteiger partial charge in [0.05, 0.1) is 6.54 Å². The molecule has 5 heteroatoms. The van der Waals surface area contributed by atoms with Crippen LogP contribution < -0.4 is 15.0 Å². The van der Waals surface area contributed by atoms with Crippen molar-refractivity contribution >= 4 is 0 Å². The number of benzene rings is 2. The average Bonchev–Trinajstić information content (AvgIpc) is 3.08. The van der Waals surface area contributed by atoms with E-state index in [0.29, 0.717) is 24.7 Å². The molecule has 0 spiro atoms. The van der Waals surface area contributed by atoms with Gasteiger partial charge in [0.15, 0.2) is 6.10 Å². The second kappa shape index (κ2) is 7.27. The van der Waals surface area contributed by atoms with Crippen molar-refractivity contribution in [1.29, 1.82) is 0 Å². The average molecular weight is 362 g/mol. The van der Waals surface area contributed by atoms with E-state index < -0.39 is 0 Å². The zero-order chi connectivity index (χ0) is 18.8. The minimum atomic E-state index is -0.245. The molecule has 1 aliphatic heterocycles. The standard InChI is InChI=1S/C22H22N2O3/c1-3-16-6-4-5-7-20(16)17-8-10-18(11-9-17)26-14-19-13-24-12-15(2)21(25)23-22(24)27-19/h4-12,19H,3,13-14H2,1-2H3. The van der Waals surface area contributed by atoms with Gasteiger partial charge in [0.25, 0.3) is 11.6 Å². The second-order valence-electron chi connectivity index (χ2n) is 6.75. The third kappa shape index (κ3) is 3.58. The molecule has 2 heterocycles. The molecule has 3 aromatic rings. The van der Waals surface area contributed by atoms with Gasteiger partial charge in [-0.15, -0.1) is 0 Å². The molecule has 0 saturated carbocycles. The summed E-state index contributed by atoms with van der Waals surface area (Å²) >= 11 is 0. The highest BCUT2D eigenvalue weighted by molar-refractivity contribution is 5.67. The lowest BCUT2D eigenvalue weighted by atomic mass is 9.98. The molecule has 27 heavy (non-hydrogen) atoms. The van der Waals surface area contributed by atoms with Crippen LogP contribution in [-0.2, 0) is 13.0 Å². The first-order chi connectivity index (χ1) is 13.1. The Kier molecular flexibility index (Phi) is 4.67. The van der Waals surface area contributed by atoms with Crippen LogP contribution in [-0.4, -0.2) is 22.3 Å².